The molecule has 1 aromatic heterocycles. The van der Waals surface area contributed by atoms with Crippen LogP contribution >= 0.6 is 0 Å². The maximum Gasteiger partial charge on any atom is 0.313 e. The fraction of sp³-hybridized carbons (Fsp3) is 0.364. The lowest BCUT2D eigenvalue weighted by atomic mass is 9.90. The number of rotatable bonds is 6. The number of anilines is 1. The number of likely N-dealkylation sites (tertiary alicyclic amines) is 1. The lowest BCUT2D eigenvalue weighted by molar-refractivity contribution is -0.146. The van der Waals surface area contributed by atoms with Gasteiger partial charge in [0.25, 0.3) is 0 Å². The molecule has 0 radical (unpaired) electrons. The average molecular weight is 474 g/mol. The zero-order valence-electron chi connectivity index (χ0n) is 18.4. The Morgan fingerprint density at radius 1 is 1.15 bits per heavy atom. The third-order valence-corrected chi connectivity index (χ3v) is 7.08. The highest BCUT2D eigenvalue weighted by Crippen LogP contribution is 2.25. The van der Waals surface area contributed by atoms with Crippen molar-refractivity contribution in [3.05, 3.63) is 53.9 Å². The third kappa shape index (κ3) is 5.93. The van der Waals surface area contributed by atoms with Gasteiger partial charge in [-0.25, -0.2) is 13.1 Å². The van der Waals surface area contributed by atoms with E-state index >= 15 is 0 Å². The molecule has 10 nitrogen and oxygen atoms in total. The first-order chi connectivity index (χ1) is 15.6. The molecule has 3 amide bonds. The van der Waals surface area contributed by atoms with Gasteiger partial charge in [0.05, 0.1) is 22.3 Å². The summed E-state index contributed by atoms with van der Waals surface area (Å²) in [6, 6.07) is 7.62. The van der Waals surface area contributed by atoms with Crippen molar-refractivity contribution in [2.24, 2.45) is 11.7 Å². The molecule has 0 bridgehead atoms. The second kappa shape index (κ2) is 10.1. The lowest BCUT2D eigenvalue weighted by Crippen LogP contribution is -2.51. The summed E-state index contributed by atoms with van der Waals surface area (Å²) >= 11 is 0. The second-order valence-corrected chi connectivity index (χ2v) is 10.0. The summed E-state index contributed by atoms with van der Waals surface area (Å²) in [6.45, 7) is 2.45. The fourth-order valence-corrected chi connectivity index (χ4v) is 4.55. The molecule has 2 atom stereocenters. The number of pyridine rings is 1. The molecule has 0 unspecified atom stereocenters. The first-order valence-corrected chi connectivity index (χ1v) is 12.0. The first-order valence-electron chi connectivity index (χ1n) is 10.5. The van der Waals surface area contributed by atoms with Crippen LogP contribution in [0.3, 0.4) is 0 Å². The molecule has 0 spiro atoms. The van der Waals surface area contributed by atoms with Crippen LogP contribution in [0.25, 0.3) is 0 Å². The normalized spacial score (nSPS) is 18.5. The van der Waals surface area contributed by atoms with Gasteiger partial charge in [-0.1, -0.05) is 19.1 Å². The minimum atomic E-state index is -3.53. The summed E-state index contributed by atoms with van der Waals surface area (Å²) in [6.07, 6.45) is 4.72. The van der Waals surface area contributed by atoms with Crippen LogP contribution in [0.5, 0.6) is 0 Å². The lowest BCUT2D eigenvalue weighted by Gasteiger charge is -2.38. The van der Waals surface area contributed by atoms with Crippen molar-refractivity contribution in [3.8, 4) is 0 Å². The van der Waals surface area contributed by atoms with Crippen LogP contribution in [0.1, 0.15) is 35.7 Å². The Labute approximate surface area is 192 Å². The van der Waals surface area contributed by atoms with Gasteiger partial charge >= 0.3 is 11.8 Å². The molecule has 1 aliphatic heterocycles. The Bertz CT molecular complexity index is 1150. The molecule has 2 aromatic rings. The number of nitrogens with one attached hydrogen (secondary N) is 2. The van der Waals surface area contributed by atoms with Crippen molar-refractivity contribution in [1.82, 2.24) is 14.6 Å². The second-order valence-electron chi connectivity index (χ2n) is 8.13. The van der Waals surface area contributed by atoms with Crippen LogP contribution in [0.2, 0.25) is 0 Å². The Morgan fingerprint density at radius 2 is 1.85 bits per heavy atom. The molecular weight excluding hydrogens is 446 g/mol. The zero-order valence-corrected chi connectivity index (χ0v) is 19.3. The minimum absolute atomic E-state index is 0.119. The van der Waals surface area contributed by atoms with Crippen molar-refractivity contribution in [3.63, 3.8) is 0 Å². The average Bonchev–Trinajstić information content (AvgIpc) is 2.80. The van der Waals surface area contributed by atoms with Gasteiger partial charge in [-0.15, -0.1) is 0 Å². The van der Waals surface area contributed by atoms with Crippen molar-refractivity contribution < 1.29 is 22.8 Å². The number of sulfonamides is 1. The van der Waals surface area contributed by atoms with E-state index in [0.29, 0.717) is 13.0 Å². The highest BCUT2D eigenvalue weighted by atomic mass is 32.2. The molecule has 1 aromatic carbocycles. The van der Waals surface area contributed by atoms with Crippen LogP contribution in [-0.4, -0.2) is 55.7 Å². The standard InChI is InChI=1S/C22H27N5O5S/c1-14-3-6-18(9-15-4-7-19(8-5-15)33(31,32)24-2)27(13-14)22(30)21(29)26-17-10-16(20(23)28)11-25-12-17/h4-5,7-8,10-12,14,18,24H,3,6,9,13H2,1-2H3,(H2,23,28)(H,26,29)/t14-,18+/m0/s1. The van der Waals surface area contributed by atoms with Gasteiger partial charge in [-0.05, 0) is 56.0 Å². The molecule has 4 N–H and O–H groups in total. The van der Waals surface area contributed by atoms with Gasteiger partial charge in [0.15, 0.2) is 0 Å². The smallest absolute Gasteiger partial charge is 0.313 e. The minimum Gasteiger partial charge on any atom is -0.366 e. The first kappa shape index (κ1) is 24.3. The quantitative estimate of drug-likeness (QED) is 0.530. The number of nitrogens with two attached hydrogens (primary N) is 1. The van der Waals surface area contributed by atoms with Crippen LogP contribution in [0, 0.1) is 5.92 Å². The van der Waals surface area contributed by atoms with E-state index in [-0.39, 0.29) is 28.1 Å². The van der Waals surface area contributed by atoms with Crippen LogP contribution in [-0.2, 0) is 26.0 Å². The molecule has 0 aliphatic carbocycles. The number of aromatic nitrogens is 1. The molecule has 1 saturated heterocycles. The number of primary amides is 1. The van der Waals surface area contributed by atoms with Crippen molar-refractivity contribution >= 4 is 33.4 Å². The van der Waals surface area contributed by atoms with Crippen molar-refractivity contribution in [2.75, 3.05) is 18.9 Å². The summed E-state index contributed by atoms with van der Waals surface area (Å²) < 4.78 is 26.1. The Kier molecular flexibility index (Phi) is 7.44. The van der Waals surface area contributed by atoms with Gasteiger partial charge in [0.1, 0.15) is 0 Å². The molecule has 2 heterocycles. The predicted molar refractivity (Wildman–Crippen MR) is 122 cm³/mol. The predicted octanol–water partition coefficient (Wildman–Crippen LogP) is 0.897. The number of nitrogens with zero attached hydrogens (tertiary/aromatic N) is 2. The van der Waals surface area contributed by atoms with Gasteiger partial charge in [-0.2, -0.15) is 0 Å². The number of piperidine rings is 1. The van der Waals surface area contributed by atoms with Crippen molar-refractivity contribution in [1.29, 1.82) is 0 Å². The number of hydrogen-bond donors (Lipinski definition) is 3. The van der Waals surface area contributed by atoms with Gasteiger partial charge < -0.3 is 16.0 Å². The molecule has 11 heteroatoms. The third-order valence-electron chi connectivity index (χ3n) is 5.65. The van der Waals surface area contributed by atoms with Crippen LogP contribution in [0.15, 0.2) is 47.6 Å². The number of benzene rings is 1. The summed E-state index contributed by atoms with van der Waals surface area (Å²) in [4.78, 5) is 42.6. The van der Waals surface area contributed by atoms with E-state index in [4.69, 9.17) is 5.73 Å². The monoisotopic (exact) mass is 473 g/mol. The van der Waals surface area contributed by atoms with E-state index in [2.05, 4.69) is 15.0 Å². The molecule has 176 valence electrons. The SMILES string of the molecule is CNS(=O)(=O)c1ccc(C[C@H]2CC[C@H](C)CN2C(=O)C(=O)Nc2cncc(C(N)=O)c2)cc1. The van der Waals surface area contributed by atoms with Crippen LogP contribution in [0.4, 0.5) is 5.69 Å². The Morgan fingerprint density at radius 3 is 2.48 bits per heavy atom. The molecule has 0 saturated carbocycles. The van der Waals surface area contributed by atoms with Gasteiger partial charge in [-0.3, -0.25) is 19.4 Å². The maximum absolute atomic E-state index is 13.0. The summed E-state index contributed by atoms with van der Waals surface area (Å²) in [5.41, 5.74) is 6.42. The summed E-state index contributed by atoms with van der Waals surface area (Å²) in [5, 5.41) is 2.49. The topological polar surface area (TPSA) is 152 Å². The summed E-state index contributed by atoms with van der Waals surface area (Å²) in [5.74, 6) is -1.96. The van der Waals surface area contributed by atoms with E-state index in [0.717, 1.165) is 18.4 Å². The molecular formula is C22H27N5O5S. The molecule has 1 aliphatic rings. The van der Waals surface area contributed by atoms with E-state index < -0.39 is 27.7 Å². The maximum atomic E-state index is 13.0. The van der Waals surface area contributed by atoms with Gasteiger partial charge in [0.2, 0.25) is 15.9 Å². The van der Waals surface area contributed by atoms with E-state index in [1.807, 2.05) is 6.92 Å². The highest BCUT2D eigenvalue weighted by Gasteiger charge is 2.33. The van der Waals surface area contributed by atoms with Crippen LogP contribution < -0.4 is 15.8 Å². The largest absolute Gasteiger partial charge is 0.366 e. The molecule has 33 heavy (non-hydrogen) atoms. The van der Waals surface area contributed by atoms with E-state index in [1.165, 1.54) is 37.6 Å². The molecule has 3 rings (SSSR count). The number of hydrogen-bond acceptors (Lipinski definition) is 6. The number of amides is 3. The number of carbonyl (C=O) groups excluding carboxylic acids is 3. The van der Waals surface area contributed by atoms with Gasteiger partial charge in [0, 0.05) is 18.8 Å². The number of carbonyl (C=O) groups is 3. The Hall–Kier alpha value is -3.31. The van der Waals surface area contributed by atoms with E-state index in [9.17, 15) is 22.8 Å². The Balaban J connectivity index is 1.74. The van der Waals surface area contributed by atoms with Crippen molar-refractivity contribution in [2.45, 2.75) is 37.1 Å². The highest BCUT2D eigenvalue weighted by molar-refractivity contribution is 7.89. The molecule has 1 fully saturated rings. The van der Waals surface area contributed by atoms with E-state index in [1.54, 1.807) is 17.0 Å². The zero-order chi connectivity index (χ0) is 24.2. The summed E-state index contributed by atoms with van der Waals surface area (Å²) in [7, 11) is -2.18. The fourth-order valence-electron chi connectivity index (χ4n) is 3.82.